The number of hydrogen-bond donors (Lipinski definition) is 3. The topological polar surface area (TPSA) is 106 Å². The molecular formula is C25H26N8. The van der Waals surface area contributed by atoms with Crippen LogP contribution in [0.4, 0.5) is 17.5 Å². The summed E-state index contributed by atoms with van der Waals surface area (Å²) in [5, 5.41) is 8.89. The first-order valence-electron chi connectivity index (χ1n) is 10.9. The number of aryl methyl sites for hydroxylation is 3. The number of rotatable bonds is 6. The van der Waals surface area contributed by atoms with Gasteiger partial charge in [-0.15, -0.1) is 0 Å². The fourth-order valence-corrected chi connectivity index (χ4v) is 4.15. The summed E-state index contributed by atoms with van der Waals surface area (Å²) in [4.78, 5) is 17.6. The van der Waals surface area contributed by atoms with Gasteiger partial charge in [-0.3, -0.25) is 0 Å². The standard InChI is InChI=1S/C25H26N8/c1-15-4-5-24-32-18(13-33(24)12-15)10-28-22-9-23(31-14-30-22)29-11-21-16(2)8-20-19(17(21)3)6-7-27-25(20)26/h4-9,12-14H,10-11H2,1-3H3,(H2,26,27)(H2,28,29,30,31). The number of anilines is 3. The van der Waals surface area contributed by atoms with E-state index < -0.39 is 0 Å². The molecule has 0 aliphatic heterocycles. The molecule has 0 atom stereocenters. The minimum Gasteiger partial charge on any atom is -0.383 e. The third-order valence-corrected chi connectivity index (χ3v) is 5.93. The fraction of sp³-hybridized carbons (Fsp3) is 0.200. The average Bonchev–Trinajstić information content (AvgIpc) is 3.21. The monoisotopic (exact) mass is 438 g/mol. The van der Waals surface area contributed by atoms with Gasteiger partial charge in [-0.1, -0.05) is 6.07 Å². The Labute approximate surface area is 191 Å². The van der Waals surface area contributed by atoms with Crippen molar-refractivity contribution in [3.8, 4) is 0 Å². The lowest BCUT2D eigenvalue weighted by molar-refractivity contribution is 1.03. The summed E-state index contributed by atoms with van der Waals surface area (Å²) in [7, 11) is 0. The first kappa shape index (κ1) is 20.7. The Hall–Kier alpha value is -4.20. The molecule has 0 aliphatic carbocycles. The summed E-state index contributed by atoms with van der Waals surface area (Å²) in [5.41, 5.74) is 12.7. The quantitative estimate of drug-likeness (QED) is 0.361. The highest BCUT2D eigenvalue weighted by Crippen LogP contribution is 2.28. The largest absolute Gasteiger partial charge is 0.383 e. The molecule has 0 bridgehead atoms. The molecule has 5 rings (SSSR count). The average molecular weight is 439 g/mol. The Bertz CT molecular complexity index is 1470. The van der Waals surface area contributed by atoms with Crippen LogP contribution in [0.1, 0.15) is 27.9 Å². The third kappa shape index (κ3) is 4.15. The Balaban J connectivity index is 1.29. The Morgan fingerprint density at radius 1 is 0.879 bits per heavy atom. The summed E-state index contributed by atoms with van der Waals surface area (Å²) in [6, 6.07) is 10.1. The van der Waals surface area contributed by atoms with Gasteiger partial charge in [0.25, 0.3) is 0 Å². The second-order valence-electron chi connectivity index (χ2n) is 8.29. The molecule has 8 heteroatoms. The minimum atomic E-state index is 0.561. The summed E-state index contributed by atoms with van der Waals surface area (Å²) < 4.78 is 2.04. The number of nitrogens with zero attached hydrogens (tertiary/aromatic N) is 5. The van der Waals surface area contributed by atoms with Crippen LogP contribution >= 0.6 is 0 Å². The molecule has 4 N–H and O–H groups in total. The second-order valence-corrected chi connectivity index (χ2v) is 8.29. The smallest absolute Gasteiger partial charge is 0.137 e. The van der Waals surface area contributed by atoms with E-state index in [0.29, 0.717) is 18.9 Å². The number of nitrogens with one attached hydrogen (secondary N) is 2. The van der Waals surface area contributed by atoms with Crippen molar-refractivity contribution in [3.05, 3.63) is 83.2 Å². The van der Waals surface area contributed by atoms with Gasteiger partial charge in [0.15, 0.2) is 0 Å². The van der Waals surface area contributed by atoms with E-state index in [1.165, 1.54) is 22.3 Å². The van der Waals surface area contributed by atoms with E-state index in [4.69, 9.17) is 5.73 Å². The number of nitrogens with two attached hydrogens (primary N) is 1. The van der Waals surface area contributed by atoms with Crippen molar-refractivity contribution in [2.24, 2.45) is 0 Å². The van der Waals surface area contributed by atoms with Gasteiger partial charge in [0, 0.05) is 36.6 Å². The Morgan fingerprint density at radius 3 is 2.48 bits per heavy atom. The number of imidazole rings is 1. The summed E-state index contributed by atoms with van der Waals surface area (Å²) in [6.07, 6.45) is 7.41. The van der Waals surface area contributed by atoms with E-state index in [0.717, 1.165) is 33.7 Å². The predicted molar refractivity (Wildman–Crippen MR) is 132 cm³/mol. The van der Waals surface area contributed by atoms with Gasteiger partial charge < -0.3 is 20.8 Å². The molecule has 0 aliphatic rings. The normalized spacial score (nSPS) is 11.2. The van der Waals surface area contributed by atoms with Crippen LogP contribution in [0.3, 0.4) is 0 Å². The highest BCUT2D eigenvalue weighted by atomic mass is 15.1. The third-order valence-electron chi connectivity index (χ3n) is 5.93. The SMILES string of the molecule is Cc1ccc2nc(CNc3cc(NCc4c(C)cc5c(N)nccc5c4C)ncn3)cn2c1. The molecule has 33 heavy (non-hydrogen) atoms. The lowest BCUT2D eigenvalue weighted by Crippen LogP contribution is -2.08. The van der Waals surface area contributed by atoms with E-state index >= 15 is 0 Å². The fourth-order valence-electron chi connectivity index (χ4n) is 4.15. The summed E-state index contributed by atoms with van der Waals surface area (Å²) in [5.74, 6) is 2.06. The second kappa shape index (κ2) is 8.38. The van der Waals surface area contributed by atoms with Crippen molar-refractivity contribution in [1.29, 1.82) is 0 Å². The molecule has 8 nitrogen and oxygen atoms in total. The van der Waals surface area contributed by atoms with Gasteiger partial charge >= 0.3 is 0 Å². The zero-order valence-electron chi connectivity index (χ0n) is 18.9. The van der Waals surface area contributed by atoms with Crippen LogP contribution in [0, 0.1) is 20.8 Å². The van der Waals surface area contributed by atoms with Crippen LogP contribution in [0.2, 0.25) is 0 Å². The van der Waals surface area contributed by atoms with Gasteiger partial charge in [-0.2, -0.15) is 0 Å². The zero-order chi connectivity index (χ0) is 22.9. The molecule has 4 aromatic heterocycles. The number of hydrogen-bond acceptors (Lipinski definition) is 7. The van der Waals surface area contributed by atoms with E-state index in [9.17, 15) is 0 Å². The number of nitrogen functional groups attached to an aromatic ring is 1. The lowest BCUT2D eigenvalue weighted by Gasteiger charge is -2.15. The molecule has 166 valence electrons. The zero-order valence-corrected chi connectivity index (χ0v) is 18.9. The Kier molecular flexibility index (Phi) is 5.26. The van der Waals surface area contributed by atoms with E-state index in [-0.39, 0.29) is 0 Å². The highest BCUT2D eigenvalue weighted by molar-refractivity contribution is 5.94. The maximum Gasteiger partial charge on any atom is 0.137 e. The molecule has 0 spiro atoms. The number of pyridine rings is 2. The predicted octanol–water partition coefficient (Wildman–Crippen LogP) is 4.40. The van der Waals surface area contributed by atoms with Crippen molar-refractivity contribution in [2.45, 2.75) is 33.9 Å². The molecular weight excluding hydrogens is 412 g/mol. The van der Waals surface area contributed by atoms with Crippen molar-refractivity contribution in [1.82, 2.24) is 24.3 Å². The van der Waals surface area contributed by atoms with Crippen molar-refractivity contribution >= 4 is 33.9 Å². The molecule has 0 fully saturated rings. The van der Waals surface area contributed by atoms with Crippen LogP contribution in [-0.4, -0.2) is 24.3 Å². The molecule has 0 saturated carbocycles. The molecule has 4 heterocycles. The van der Waals surface area contributed by atoms with Gasteiger partial charge in [-0.25, -0.2) is 19.9 Å². The van der Waals surface area contributed by atoms with Crippen LogP contribution in [0.15, 0.2) is 55.2 Å². The maximum absolute atomic E-state index is 6.07. The maximum atomic E-state index is 6.07. The first-order chi connectivity index (χ1) is 16.0. The van der Waals surface area contributed by atoms with Crippen molar-refractivity contribution < 1.29 is 0 Å². The van der Waals surface area contributed by atoms with Crippen LogP contribution in [-0.2, 0) is 13.1 Å². The van der Waals surface area contributed by atoms with Gasteiger partial charge in [-0.05, 0) is 66.6 Å². The summed E-state index contributed by atoms with van der Waals surface area (Å²) >= 11 is 0. The summed E-state index contributed by atoms with van der Waals surface area (Å²) in [6.45, 7) is 7.52. The molecule has 0 unspecified atom stereocenters. The number of benzene rings is 1. The molecule has 0 radical (unpaired) electrons. The Morgan fingerprint density at radius 2 is 1.67 bits per heavy atom. The first-order valence-corrected chi connectivity index (χ1v) is 10.9. The molecule has 0 amide bonds. The van der Waals surface area contributed by atoms with E-state index in [1.54, 1.807) is 12.5 Å². The van der Waals surface area contributed by atoms with Gasteiger partial charge in [0.05, 0.1) is 12.2 Å². The molecule has 5 aromatic rings. The lowest BCUT2D eigenvalue weighted by atomic mass is 9.96. The highest BCUT2D eigenvalue weighted by Gasteiger charge is 2.11. The molecule has 0 saturated heterocycles. The number of aromatic nitrogens is 5. The van der Waals surface area contributed by atoms with Crippen LogP contribution in [0.25, 0.3) is 16.4 Å². The van der Waals surface area contributed by atoms with Crippen LogP contribution < -0.4 is 16.4 Å². The minimum absolute atomic E-state index is 0.561. The molecule has 1 aromatic carbocycles. The number of fused-ring (bicyclic) bond motifs is 2. The van der Waals surface area contributed by atoms with Crippen molar-refractivity contribution in [2.75, 3.05) is 16.4 Å². The van der Waals surface area contributed by atoms with Crippen molar-refractivity contribution in [3.63, 3.8) is 0 Å². The van der Waals surface area contributed by atoms with Gasteiger partial charge in [0.1, 0.15) is 29.4 Å². The van der Waals surface area contributed by atoms with E-state index in [2.05, 4.69) is 69.7 Å². The van der Waals surface area contributed by atoms with E-state index in [1.807, 2.05) is 28.8 Å². The van der Waals surface area contributed by atoms with Crippen LogP contribution in [0.5, 0.6) is 0 Å². The van der Waals surface area contributed by atoms with Gasteiger partial charge in [0.2, 0.25) is 0 Å².